The van der Waals surface area contributed by atoms with Gasteiger partial charge >= 0.3 is 0 Å². The van der Waals surface area contributed by atoms with Crippen LogP contribution >= 0.6 is 0 Å². The van der Waals surface area contributed by atoms with Crippen molar-refractivity contribution in [3.63, 3.8) is 0 Å². The summed E-state index contributed by atoms with van der Waals surface area (Å²) in [6.07, 6.45) is 3.49. The lowest BCUT2D eigenvalue weighted by molar-refractivity contribution is 0.256. The van der Waals surface area contributed by atoms with Crippen LogP contribution in [0.1, 0.15) is 33.1 Å². The molecule has 0 aromatic carbocycles. The number of unbranched alkanes of at least 4 members (excludes halogenated alkanes) is 1. The van der Waals surface area contributed by atoms with Crippen LogP contribution in [0.4, 0.5) is 0 Å². The lowest BCUT2D eigenvalue weighted by Crippen LogP contribution is -2.23. The number of hydrogen-bond donors (Lipinski definition) is 1. The van der Waals surface area contributed by atoms with Crippen LogP contribution in [0.15, 0.2) is 0 Å². The van der Waals surface area contributed by atoms with Crippen molar-refractivity contribution in [1.82, 2.24) is 4.90 Å². The van der Waals surface area contributed by atoms with E-state index >= 15 is 0 Å². The monoisotopic (exact) mass is 185 g/mol. The summed E-state index contributed by atoms with van der Waals surface area (Å²) >= 11 is 0. The summed E-state index contributed by atoms with van der Waals surface area (Å²) in [5.41, 5.74) is 0. The van der Waals surface area contributed by atoms with Crippen molar-refractivity contribution in [2.75, 3.05) is 26.2 Å². The predicted molar refractivity (Wildman–Crippen MR) is 55.7 cm³/mol. The van der Waals surface area contributed by atoms with Crippen LogP contribution in [0.2, 0.25) is 0 Å². The Morgan fingerprint density at radius 1 is 1.38 bits per heavy atom. The van der Waals surface area contributed by atoms with E-state index in [-0.39, 0.29) is 0 Å². The van der Waals surface area contributed by atoms with Gasteiger partial charge in [0.05, 0.1) is 0 Å². The molecule has 1 atom stereocenters. The first-order valence-corrected chi connectivity index (χ1v) is 5.57. The van der Waals surface area contributed by atoms with Gasteiger partial charge in [-0.15, -0.1) is 0 Å². The average molecular weight is 185 g/mol. The van der Waals surface area contributed by atoms with Gasteiger partial charge in [0.1, 0.15) is 0 Å². The standard InChI is InChI=1S/C11H23NO/c1-10(2)11-5-7-12(9-11)6-3-4-8-13/h10-11,13H,3-9H2,1-2H3. The van der Waals surface area contributed by atoms with Gasteiger partial charge in [0.25, 0.3) is 0 Å². The molecule has 0 bridgehead atoms. The number of rotatable bonds is 5. The zero-order valence-electron chi connectivity index (χ0n) is 9.00. The Bertz CT molecular complexity index is 136. The maximum Gasteiger partial charge on any atom is 0.0431 e. The number of aliphatic hydroxyl groups excluding tert-OH is 1. The fourth-order valence-electron chi connectivity index (χ4n) is 2.06. The third kappa shape index (κ3) is 3.65. The van der Waals surface area contributed by atoms with E-state index in [4.69, 9.17) is 5.11 Å². The minimum absolute atomic E-state index is 0.349. The highest BCUT2D eigenvalue weighted by Gasteiger charge is 2.23. The topological polar surface area (TPSA) is 23.5 Å². The highest BCUT2D eigenvalue weighted by atomic mass is 16.2. The van der Waals surface area contributed by atoms with Gasteiger partial charge in [-0.1, -0.05) is 13.8 Å². The minimum atomic E-state index is 0.349. The third-order valence-corrected chi connectivity index (χ3v) is 3.13. The molecular formula is C11H23NO. The van der Waals surface area contributed by atoms with Crippen molar-refractivity contribution < 1.29 is 5.11 Å². The number of likely N-dealkylation sites (tertiary alicyclic amines) is 1. The van der Waals surface area contributed by atoms with E-state index in [9.17, 15) is 0 Å². The van der Waals surface area contributed by atoms with Crippen LogP contribution in [-0.2, 0) is 0 Å². The minimum Gasteiger partial charge on any atom is -0.396 e. The summed E-state index contributed by atoms with van der Waals surface area (Å²) in [7, 11) is 0. The zero-order chi connectivity index (χ0) is 9.68. The van der Waals surface area contributed by atoms with Crippen molar-refractivity contribution >= 4 is 0 Å². The Morgan fingerprint density at radius 2 is 2.15 bits per heavy atom. The van der Waals surface area contributed by atoms with E-state index < -0.39 is 0 Å². The maximum absolute atomic E-state index is 8.66. The van der Waals surface area contributed by atoms with Crippen molar-refractivity contribution in [2.45, 2.75) is 33.1 Å². The van der Waals surface area contributed by atoms with Crippen LogP contribution in [0, 0.1) is 11.8 Å². The molecule has 2 nitrogen and oxygen atoms in total. The molecule has 1 heterocycles. The molecule has 0 radical (unpaired) electrons. The van der Waals surface area contributed by atoms with E-state index in [1.54, 1.807) is 0 Å². The van der Waals surface area contributed by atoms with E-state index in [1.165, 1.54) is 26.1 Å². The van der Waals surface area contributed by atoms with Crippen molar-refractivity contribution in [3.8, 4) is 0 Å². The Hall–Kier alpha value is -0.0800. The molecule has 1 fully saturated rings. The van der Waals surface area contributed by atoms with Crippen molar-refractivity contribution in [1.29, 1.82) is 0 Å². The van der Waals surface area contributed by atoms with Gasteiger partial charge in [0.15, 0.2) is 0 Å². The van der Waals surface area contributed by atoms with E-state index in [2.05, 4.69) is 18.7 Å². The Kier molecular flexibility index (Phi) is 4.74. The fourth-order valence-corrected chi connectivity index (χ4v) is 2.06. The molecule has 0 aliphatic carbocycles. The molecule has 0 amide bonds. The molecule has 1 aliphatic heterocycles. The normalized spacial score (nSPS) is 24.5. The Morgan fingerprint density at radius 3 is 2.69 bits per heavy atom. The quantitative estimate of drug-likeness (QED) is 0.659. The highest BCUT2D eigenvalue weighted by Crippen LogP contribution is 2.23. The molecule has 1 N–H and O–H groups in total. The van der Waals surface area contributed by atoms with Crippen LogP contribution in [0.3, 0.4) is 0 Å². The van der Waals surface area contributed by atoms with Crippen molar-refractivity contribution in [2.24, 2.45) is 11.8 Å². The number of hydrogen-bond acceptors (Lipinski definition) is 2. The first-order valence-electron chi connectivity index (χ1n) is 5.57. The van der Waals surface area contributed by atoms with Crippen LogP contribution in [0.25, 0.3) is 0 Å². The first kappa shape index (κ1) is 11.0. The molecule has 1 rings (SSSR count). The number of nitrogens with zero attached hydrogens (tertiary/aromatic N) is 1. The van der Waals surface area contributed by atoms with Gasteiger partial charge in [-0.25, -0.2) is 0 Å². The summed E-state index contributed by atoms with van der Waals surface area (Å²) in [5.74, 6) is 1.75. The van der Waals surface area contributed by atoms with Gasteiger partial charge in [-0.05, 0) is 44.2 Å². The molecule has 0 spiro atoms. The summed E-state index contributed by atoms with van der Waals surface area (Å²) < 4.78 is 0. The summed E-state index contributed by atoms with van der Waals surface area (Å²) in [4.78, 5) is 2.54. The Labute approximate surface area is 81.9 Å². The molecule has 1 unspecified atom stereocenters. The van der Waals surface area contributed by atoms with Gasteiger partial charge in [0.2, 0.25) is 0 Å². The second-order valence-electron chi connectivity index (χ2n) is 4.52. The van der Waals surface area contributed by atoms with Gasteiger partial charge < -0.3 is 10.0 Å². The largest absolute Gasteiger partial charge is 0.396 e. The predicted octanol–water partition coefficient (Wildman–Crippen LogP) is 1.74. The van der Waals surface area contributed by atoms with Crippen LogP contribution < -0.4 is 0 Å². The molecule has 13 heavy (non-hydrogen) atoms. The van der Waals surface area contributed by atoms with Gasteiger partial charge in [-0.2, -0.15) is 0 Å². The van der Waals surface area contributed by atoms with Crippen LogP contribution in [-0.4, -0.2) is 36.2 Å². The summed E-state index contributed by atoms with van der Waals surface area (Å²) in [6, 6.07) is 0. The molecule has 0 aromatic heterocycles. The molecular weight excluding hydrogens is 162 g/mol. The van der Waals surface area contributed by atoms with E-state index in [0.717, 1.165) is 24.7 Å². The SMILES string of the molecule is CC(C)C1CCN(CCCCO)C1. The average Bonchev–Trinajstić information content (AvgIpc) is 2.53. The summed E-state index contributed by atoms with van der Waals surface area (Å²) in [6.45, 7) is 8.73. The zero-order valence-corrected chi connectivity index (χ0v) is 9.00. The summed E-state index contributed by atoms with van der Waals surface area (Å²) in [5, 5.41) is 8.66. The Balaban J connectivity index is 2.10. The molecule has 78 valence electrons. The number of aliphatic hydroxyl groups is 1. The van der Waals surface area contributed by atoms with E-state index in [0.29, 0.717) is 6.61 Å². The lowest BCUT2D eigenvalue weighted by Gasteiger charge is -2.17. The van der Waals surface area contributed by atoms with Gasteiger partial charge in [0, 0.05) is 13.2 Å². The molecule has 2 heteroatoms. The maximum atomic E-state index is 8.66. The molecule has 0 aromatic rings. The second kappa shape index (κ2) is 5.61. The van der Waals surface area contributed by atoms with Gasteiger partial charge in [-0.3, -0.25) is 0 Å². The lowest BCUT2D eigenvalue weighted by atomic mass is 9.95. The smallest absolute Gasteiger partial charge is 0.0431 e. The second-order valence-corrected chi connectivity index (χ2v) is 4.52. The molecule has 1 aliphatic rings. The van der Waals surface area contributed by atoms with Crippen LogP contribution in [0.5, 0.6) is 0 Å². The van der Waals surface area contributed by atoms with Crippen molar-refractivity contribution in [3.05, 3.63) is 0 Å². The first-order chi connectivity index (χ1) is 6.24. The molecule has 1 saturated heterocycles. The molecule has 0 saturated carbocycles. The third-order valence-electron chi connectivity index (χ3n) is 3.13. The van der Waals surface area contributed by atoms with E-state index in [1.807, 2.05) is 0 Å². The fraction of sp³-hybridized carbons (Fsp3) is 1.00. The highest BCUT2D eigenvalue weighted by molar-refractivity contribution is 4.77.